The molecule has 1 aliphatic carbocycles. The topological polar surface area (TPSA) is 78.9 Å². The number of hydrogen-bond donors (Lipinski definition) is 2. The molecule has 1 rings (SSSR count). The van der Waals surface area contributed by atoms with Gasteiger partial charge < -0.3 is 20.1 Å². The highest BCUT2D eigenvalue weighted by atomic mass is 16.5. The van der Waals surface area contributed by atoms with Crippen LogP contribution in [0, 0.1) is 5.41 Å². The van der Waals surface area contributed by atoms with Crippen LogP contribution in [0.3, 0.4) is 0 Å². The van der Waals surface area contributed by atoms with Gasteiger partial charge >= 0.3 is 5.97 Å². The normalized spacial score (nSPS) is 17.1. The monoisotopic (exact) mass is 300 g/mol. The van der Waals surface area contributed by atoms with E-state index in [1.807, 2.05) is 7.05 Å². The molecule has 122 valence electrons. The number of nitrogens with zero attached hydrogens (tertiary/aromatic N) is 1. The van der Waals surface area contributed by atoms with E-state index in [0.717, 1.165) is 38.8 Å². The molecule has 0 bridgehead atoms. The van der Waals surface area contributed by atoms with Gasteiger partial charge in [0.1, 0.15) is 0 Å². The lowest BCUT2D eigenvalue weighted by Crippen LogP contribution is -2.37. The van der Waals surface area contributed by atoms with E-state index < -0.39 is 5.97 Å². The van der Waals surface area contributed by atoms with Gasteiger partial charge in [-0.15, -0.1) is 0 Å². The largest absolute Gasteiger partial charge is 0.481 e. The van der Waals surface area contributed by atoms with Gasteiger partial charge in [0.15, 0.2) is 0 Å². The van der Waals surface area contributed by atoms with Crippen molar-refractivity contribution in [3.8, 4) is 0 Å². The Kier molecular flexibility index (Phi) is 7.67. The fourth-order valence-corrected chi connectivity index (χ4v) is 3.01. The van der Waals surface area contributed by atoms with E-state index in [2.05, 4.69) is 10.2 Å². The molecular weight excluding hydrogens is 272 g/mol. The number of carbonyl (C=O) groups excluding carboxylic acids is 1. The predicted molar refractivity (Wildman–Crippen MR) is 80.2 cm³/mol. The predicted octanol–water partition coefficient (Wildman–Crippen LogP) is 1.11. The van der Waals surface area contributed by atoms with Gasteiger partial charge in [-0.3, -0.25) is 9.59 Å². The number of nitrogens with one attached hydrogen (secondary N) is 1. The molecule has 6 heteroatoms. The van der Waals surface area contributed by atoms with Gasteiger partial charge in [-0.2, -0.15) is 0 Å². The van der Waals surface area contributed by atoms with Gasteiger partial charge in [0.2, 0.25) is 5.91 Å². The summed E-state index contributed by atoms with van der Waals surface area (Å²) in [7, 11) is 3.65. The molecule has 1 aliphatic rings. The lowest BCUT2D eigenvalue weighted by molar-refractivity contribution is -0.140. The number of carboxylic acid groups (broad SMARTS) is 1. The average Bonchev–Trinajstić information content (AvgIpc) is 2.83. The number of carbonyl (C=O) groups is 2. The lowest BCUT2D eigenvalue weighted by Gasteiger charge is -2.26. The van der Waals surface area contributed by atoms with Crippen molar-refractivity contribution in [2.24, 2.45) is 5.41 Å². The Hall–Kier alpha value is -1.14. The molecule has 0 atom stereocenters. The molecule has 21 heavy (non-hydrogen) atoms. The second-order valence-corrected chi connectivity index (χ2v) is 6.10. The Morgan fingerprint density at radius 1 is 1.24 bits per heavy atom. The highest BCUT2D eigenvalue weighted by Crippen LogP contribution is 2.43. The first-order valence-corrected chi connectivity index (χ1v) is 7.63. The molecule has 0 aromatic heterocycles. The van der Waals surface area contributed by atoms with E-state index in [9.17, 15) is 9.59 Å². The summed E-state index contributed by atoms with van der Waals surface area (Å²) in [4.78, 5) is 25.1. The van der Waals surface area contributed by atoms with Crippen molar-refractivity contribution in [2.45, 2.75) is 38.5 Å². The summed E-state index contributed by atoms with van der Waals surface area (Å²) in [6.45, 7) is 2.85. The molecular formula is C15H28N2O4. The molecule has 1 amide bonds. The number of methoxy groups -OCH3 is 1. The van der Waals surface area contributed by atoms with Gasteiger partial charge in [0.25, 0.3) is 0 Å². The second kappa shape index (κ2) is 9.00. The van der Waals surface area contributed by atoms with Crippen LogP contribution in [0.25, 0.3) is 0 Å². The van der Waals surface area contributed by atoms with Crippen LogP contribution in [0.2, 0.25) is 0 Å². The maximum atomic E-state index is 12.0. The summed E-state index contributed by atoms with van der Waals surface area (Å²) >= 11 is 0. The average molecular weight is 300 g/mol. The molecule has 0 aromatic carbocycles. The quantitative estimate of drug-likeness (QED) is 0.632. The minimum absolute atomic E-state index is 0.0294. The summed E-state index contributed by atoms with van der Waals surface area (Å²) in [5.74, 6) is -0.831. The van der Waals surface area contributed by atoms with Crippen molar-refractivity contribution in [1.82, 2.24) is 10.2 Å². The summed E-state index contributed by atoms with van der Waals surface area (Å²) in [5.41, 5.74) is -0.322. The number of aliphatic carboxylic acids is 1. The summed E-state index contributed by atoms with van der Waals surface area (Å²) in [6, 6.07) is 0. The zero-order valence-electron chi connectivity index (χ0n) is 13.2. The minimum Gasteiger partial charge on any atom is -0.481 e. The van der Waals surface area contributed by atoms with Gasteiger partial charge in [0.05, 0.1) is 13.0 Å². The molecule has 0 aliphatic heterocycles. The van der Waals surface area contributed by atoms with Gasteiger partial charge in [-0.1, -0.05) is 12.8 Å². The highest BCUT2D eigenvalue weighted by Gasteiger charge is 2.37. The third-order valence-corrected chi connectivity index (χ3v) is 4.22. The number of carboxylic acids is 1. The molecule has 6 nitrogen and oxygen atoms in total. The molecule has 0 saturated heterocycles. The number of ether oxygens (including phenoxy) is 1. The van der Waals surface area contributed by atoms with E-state index in [-0.39, 0.29) is 17.7 Å². The SMILES string of the molecule is COCCN(C)CCNC(=O)CC1(CC(=O)O)CCCC1. The van der Waals surface area contributed by atoms with Crippen LogP contribution in [0.5, 0.6) is 0 Å². The van der Waals surface area contributed by atoms with Crippen LogP contribution in [0.1, 0.15) is 38.5 Å². The van der Waals surface area contributed by atoms with Crippen molar-refractivity contribution in [3.63, 3.8) is 0 Å². The third kappa shape index (κ3) is 6.91. The van der Waals surface area contributed by atoms with Crippen molar-refractivity contribution >= 4 is 11.9 Å². The fourth-order valence-electron chi connectivity index (χ4n) is 3.01. The Balaban J connectivity index is 2.29. The van der Waals surface area contributed by atoms with Gasteiger partial charge in [0, 0.05) is 33.2 Å². The smallest absolute Gasteiger partial charge is 0.303 e. The van der Waals surface area contributed by atoms with Crippen LogP contribution in [0.4, 0.5) is 0 Å². The van der Waals surface area contributed by atoms with E-state index in [4.69, 9.17) is 9.84 Å². The van der Waals surface area contributed by atoms with Crippen LogP contribution in [-0.4, -0.2) is 62.3 Å². The molecule has 0 radical (unpaired) electrons. The van der Waals surface area contributed by atoms with Crippen molar-refractivity contribution in [3.05, 3.63) is 0 Å². The fraction of sp³-hybridized carbons (Fsp3) is 0.867. The third-order valence-electron chi connectivity index (χ3n) is 4.22. The van der Waals surface area contributed by atoms with Crippen LogP contribution in [0.15, 0.2) is 0 Å². The molecule has 2 N–H and O–H groups in total. The maximum absolute atomic E-state index is 12.0. The van der Waals surface area contributed by atoms with Gasteiger partial charge in [-0.05, 0) is 25.3 Å². The van der Waals surface area contributed by atoms with Crippen LogP contribution < -0.4 is 5.32 Å². The van der Waals surface area contributed by atoms with E-state index >= 15 is 0 Å². The zero-order valence-corrected chi connectivity index (χ0v) is 13.2. The first-order chi connectivity index (χ1) is 9.97. The minimum atomic E-state index is -0.802. The molecule has 0 spiro atoms. The molecule has 1 saturated carbocycles. The lowest BCUT2D eigenvalue weighted by atomic mass is 9.79. The highest BCUT2D eigenvalue weighted by molar-refractivity contribution is 5.78. The second-order valence-electron chi connectivity index (χ2n) is 6.10. The van der Waals surface area contributed by atoms with E-state index in [1.165, 1.54) is 0 Å². The van der Waals surface area contributed by atoms with Crippen molar-refractivity contribution < 1.29 is 19.4 Å². The van der Waals surface area contributed by atoms with Gasteiger partial charge in [-0.25, -0.2) is 0 Å². The van der Waals surface area contributed by atoms with E-state index in [1.54, 1.807) is 7.11 Å². The summed E-state index contributed by atoms with van der Waals surface area (Å²) in [5, 5.41) is 11.9. The summed E-state index contributed by atoms with van der Waals surface area (Å²) in [6.07, 6.45) is 4.19. The molecule has 0 heterocycles. The van der Waals surface area contributed by atoms with Crippen LogP contribution >= 0.6 is 0 Å². The molecule has 1 fully saturated rings. The molecule has 0 unspecified atom stereocenters. The number of likely N-dealkylation sites (N-methyl/N-ethyl adjacent to an activating group) is 1. The van der Waals surface area contributed by atoms with Crippen LogP contribution in [-0.2, 0) is 14.3 Å². The maximum Gasteiger partial charge on any atom is 0.303 e. The number of hydrogen-bond acceptors (Lipinski definition) is 4. The number of amides is 1. The first-order valence-electron chi connectivity index (χ1n) is 7.63. The first kappa shape index (κ1) is 17.9. The Morgan fingerprint density at radius 2 is 1.90 bits per heavy atom. The zero-order chi connectivity index (χ0) is 15.7. The Labute approximate surface area is 126 Å². The number of rotatable bonds is 10. The summed E-state index contributed by atoms with van der Waals surface area (Å²) < 4.78 is 4.99. The van der Waals surface area contributed by atoms with Crippen molar-refractivity contribution in [1.29, 1.82) is 0 Å². The van der Waals surface area contributed by atoms with Crippen molar-refractivity contribution in [2.75, 3.05) is 40.4 Å². The molecule has 0 aromatic rings. The van der Waals surface area contributed by atoms with E-state index in [0.29, 0.717) is 19.6 Å². The Bertz CT molecular complexity index is 341. The standard InChI is InChI=1S/C15H28N2O4/c1-17(9-10-21-2)8-7-16-13(18)11-15(12-14(19)20)5-3-4-6-15/h3-12H2,1-2H3,(H,16,18)(H,19,20). The Morgan fingerprint density at radius 3 is 2.48 bits per heavy atom.